The summed E-state index contributed by atoms with van der Waals surface area (Å²) in [4.78, 5) is 1.26. The molecule has 0 N–H and O–H groups in total. The van der Waals surface area contributed by atoms with Crippen LogP contribution in [0.3, 0.4) is 0 Å². The van der Waals surface area contributed by atoms with E-state index in [4.69, 9.17) is 4.74 Å². The first kappa shape index (κ1) is 13.4. The van der Waals surface area contributed by atoms with Gasteiger partial charge in [0, 0.05) is 4.90 Å². The van der Waals surface area contributed by atoms with Crippen molar-refractivity contribution in [2.75, 3.05) is 12.4 Å². The number of hydrogen-bond acceptors (Lipinski definition) is 2. The van der Waals surface area contributed by atoms with E-state index in [2.05, 4.69) is 45.9 Å². The molecule has 0 spiro atoms. The van der Waals surface area contributed by atoms with Crippen LogP contribution in [0.5, 0.6) is 5.75 Å². The molecule has 1 aromatic rings. The summed E-state index contributed by atoms with van der Waals surface area (Å²) in [5.41, 5.74) is 1.57. The molecule has 0 saturated heterocycles. The lowest BCUT2D eigenvalue weighted by Gasteiger charge is -2.21. The van der Waals surface area contributed by atoms with Gasteiger partial charge in [-0.15, -0.1) is 11.8 Å². The van der Waals surface area contributed by atoms with Crippen molar-refractivity contribution in [3.05, 3.63) is 23.8 Å². The molecule has 1 rings (SSSR count). The number of hydrogen-bond donors (Lipinski definition) is 0. The lowest BCUT2D eigenvalue weighted by molar-refractivity contribution is 0.332. The van der Waals surface area contributed by atoms with Gasteiger partial charge in [-0.3, -0.25) is 0 Å². The Bertz CT molecular complexity index is 339. The van der Waals surface area contributed by atoms with Gasteiger partial charge in [0.1, 0.15) is 5.75 Å². The molecular weight excluding hydrogens is 216 g/mol. The Kier molecular flexibility index (Phi) is 4.72. The van der Waals surface area contributed by atoms with E-state index in [1.165, 1.54) is 10.5 Å². The second-order valence-electron chi connectivity index (χ2n) is 4.78. The SMILES string of the molecule is CCOc1ccc(C(C)(C)C)cc1SCC. The highest BCUT2D eigenvalue weighted by molar-refractivity contribution is 7.99. The van der Waals surface area contributed by atoms with Crippen molar-refractivity contribution in [1.29, 1.82) is 0 Å². The highest BCUT2D eigenvalue weighted by Crippen LogP contribution is 2.34. The standard InChI is InChI=1S/C14H22OS/c1-6-15-12-9-8-11(14(3,4)5)10-13(12)16-7-2/h8-10H,6-7H2,1-5H3. The molecule has 2 heteroatoms. The second kappa shape index (κ2) is 5.62. The van der Waals surface area contributed by atoms with Gasteiger partial charge >= 0.3 is 0 Å². The van der Waals surface area contributed by atoms with E-state index < -0.39 is 0 Å². The number of benzene rings is 1. The summed E-state index contributed by atoms with van der Waals surface area (Å²) in [5.74, 6) is 2.09. The minimum atomic E-state index is 0.202. The average Bonchev–Trinajstić information content (AvgIpc) is 2.19. The Morgan fingerprint density at radius 1 is 1.19 bits per heavy atom. The van der Waals surface area contributed by atoms with Crippen LogP contribution >= 0.6 is 11.8 Å². The fourth-order valence-electron chi connectivity index (χ4n) is 1.52. The van der Waals surface area contributed by atoms with Crippen LogP contribution in [0, 0.1) is 0 Å². The predicted octanol–water partition coefficient (Wildman–Crippen LogP) is 4.49. The molecule has 0 atom stereocenters. The zero-order valence-electron chi connectivity index (χ0n) is 11.0. The van der Waals surface area contributed by atoms with Gasteiger partial charge in [-0.25, -0.2) is 0 Å². The monoisotopic (exact) mass is 238 g/mol. The molecule has 0 saturated carbocycles. The first-order valence-corrected chi connectivity index (χ1v) is 6.87. The maximum Gasteiger partial charge on any atom is 0.132 e. The highest BCUT2D eigenvalue weighted by atomic mass is 32.2. The highest BCUT2D eigenvalue weighted by Gasteiger charge is 2.15. The fraction of sp³-hybridized carbons (Fsp3) is 0.571. The van der Waals surface area contributed by atoms with Crippen molar-refractivity contribution >= 4 is 11.8 Å². The van der Waals surface area contributed by atoms with Crippen LogP contribution in [0.15, 0.2) is 23.1 Å². The van der Waals surface area contributed by atoms with Crippen molar-refractivity contribution in [3.63, 3.8) is 0 Å². The summed E-state index contributed by atoms with van der Waals surface area (Å²) in [6.45, 7) is 11.6. The van der Waals surface area contributed by atoms with Gasteiger partial charge < -0.3 is 4.74 Å². The van der Waals surface area contributed by atoms with Crippen molar-refractivity contribution < 1.29 is 4.74 Å². The Hall–Kier alpha value is -0.630. The quantitative estimate of drug-likeness (QED) is 0.714. The van der Waals surface area contributed by atoms with Crippen LogP contribution in [0.2, 0.25) is 0 Å². The van der Waals surface area contributed by atoms with Crippen LogP contribution in [-0.4, -0.2) is 12.4 Å². The van der Waals surface area contributed by atoms with Gasteiger partial charge in [0.25, 0.3) is 0 Å². The van der Waals surface area contributed by atoms with Crippen LogP contribution in [0.4, 0.5) is 0 Å². The second-order valence-corrected chi connectivity index (χ2v) is 6.08. The molecule has 0 unspecified atom stereocenters. The smallest absolute Gasteiger partial charge is 0.132 e. The first-order valence-electron chi connectivity index (χ1n) is 5.89. The summed E-state index contributed by atoms with van der Waals surface area (Å²) in [6, 6.07) is 6.53. The van der Waals surface area contributed by atoms with Gasteiger partial charge in [0.15, 0.2) is 0 Å². The van der Waals surface area contributed by atoms with Crippen LogP contribution in [-0.2, 0) is 5.41 Å². The van der Waals surface area contributed by atoms with Crippen molar-refractivity contribution in [3.8, 4) is 5.75 Å². The molecule has 1 aromatic carbocycles. The van der Waals surface area contributed by atoms with Crippen molar-refractivity contribution in [2.24, 2.45) is 0 Å². The van der Waals surface area contributed by atoms with E-state index >= 15 is 0 Å². The maximum absolute atomic E-state index is 5.64. The lowest BCUT2D eigenvalue weighted by Crippen LogP contribution is -2.11. The molecule has 0 heterocycles. The summed E-state index contributed by atoms with van der Waals surface area (Å²) in [7, 11) is 0. The van der Waals surface area contributed by atoms with E-state index in [1.54, 1.807) is 0 Å². The molecule has 0 amide bonds. The number of thioether (sulfide) groups is 1. The van der Waals surface area contributed by atoms with Crippen LogP contribution in [0.1, 0.15) is 40.2 Å². The van der Waals surface area contributed by atoms with E-state index in [0.717, 1.165) is 18.1 Å². The van der Waals surface area contributed by atoms with E-state index in [0.29, 0.717) is 0 Å². The van der Waals surface area contributed by atoms with Gasteiger partial charge in [-0.1, -0.05) is 33.8 Å². The Morgan fingerprint density at radius 3 is 2.38 bits per heavy atom. The number of ether oxygens (including phenoxy) is 1. The van der Waals surface area contributed by atoms with Gasteiger partial charge in [0.2, 0.25) is 0 Å². The minimum Gasteiger partial charge on any atom is -0.493 e. The average molecular weight is 238 g/mol. The molecule has 0 radical (unpaired) electrons. The third-order valence-electron chi connectivity index (χ3n) is 2.41. The topological polar surface area (TPSA) is 9.23 Å². The molecular formula is C14H22OS. The van der Waals surface area contributed by atoms with E-state index in [1.807, 2.05) is 18.7 Å². The van der Waals surface area contributed by atoms with Gasteiger partial charge in [0.05, 0.1) is 6.61 Å². The first-order chi connectivity index (χ1) is 7.49. The zero-order valence-corrected chi connectivity index (χ0v) is 11.8. The van der Waals surface area contributed by atoms with Gasteiger partial charge in [-0.2, -0.15) is 0 Å². The molecule has 0 aromatic heterocycles. The number of rotatable bonds is 4. The Labute approximate surface area is 104 Å². The molecule has 90 valence electrons. The van der Waals surface area contributed by atoms with E-state index in [9.17, 15) is 0 Å². The molecule has 1 nitrogen and oxygen atoms in total. The van der Waals surface area contributed by atoms with Crippen LogP contribution < -0.4 is 4.74 Å². The Morgan fingerprint density at radius 2 is 1.88 bits per heavy atom. The van der Waals surface area contributed by atoms with Crippen molar-refractivity contribution in [2.45, 2.75) is 44.9 Å². The fourth-order valence-corrected chi connectivity index (χ4v) is 2.31. The normalized spacial score (nSPS) is 11.6. The predicted molar refractivity (Wildman–Crippen MR) is 72.7 cm³/mol. The molecule has 0 aliphatic carbocycles. The van der Waals surface area contributed by atoms with E-state index in [-0.39, 0.29) is 5.41 Å². The molecule has 0 aliphatic rings. The summed E-state index contributed by atoms with van der Waals surface area (Å²) >= 11 is 1.85. The van der Waals surface area contributed by atoms with Crippen LogP contribution in [0.25, 0.3) is 0 Å². The molecule has 16 heavy (non-hydrogen) atoms. The molecule has 0 fully saturated rings. The molecule has 0 aliphatic heterocycles. The summed E-state index contributed by atoms with van der Waals surface area (Å²) in [5, 5.41) is 0. The summed E-state index contributed by atoms with van der Waals surface area (Å²) in [6.07, 6.45) is 0. The largest absolute Gasteiger partial charge is 0.493 e. The maximum atomic E-state index is 5.64. The minimum absolute atomic E-state index is 0.202. The molecule has 0 bridgehead atoms. The van der Waals surface area contributed by atoms with Gasteiger partial charge in [-0.05, 0) is 35.8 Å². The third kappa shape index (κ3) is 3.44. The summed E-state index contributed by atoms with van der Waals surface area (Å²) < 4.78 is 5.64. The lowest BCUT2D eigenvalue weighted by atomic mass is 9.87. The Balaban J connectivity index is 3.06. The third-order valence-corrected chi connectivity index (χ3v) is 3.33. The van der Waals surface area contributed by atoms with Crippen molar-refractivity contribution in [1.82, 2.24) is 0 Å². The zero-order chi connectivity index (χ0) is 12.2.